The second kappa shape index (κ2) is 19.0. The van der Waals surface area contributed by atoms with Gasteiger partial charge in [-0.15, -0.1) is 0 Å². The predicted octanol–water partition coefficient (Wildman–Crippen LogP) is 3.52. The molecule has 0 fully saturated rings. The molecule has 0 aliphatic heterocycles. The summed E-state index contributed by atoms with van der Waals surface area (Å²) in [5, 5.41) is 20.4. The topological polar surface area (TPSA) is 154 Å². The quantitative estimate of drug-likeness (QED) is 0.0760. The van der Waals surface area contributed by atoms with Crippen molar-refractivity contribution in [2.24, 2.45) is 16.7 Å². The molecule has 4 amide bonds. The minimum Gasteiger partial charge on any atom is -0.481 e. The summed E-state index contributed by atoms with van der Waals surface area (Å²) in [6.07, 6.45) is 1.21. The Morgan fingerprint density at radius 1 is 0.875 bits per heavy atom. The zero-order valence-corrected chi connectivity index (χ0v) is 26.9. The van der Waals surface area contributed by atoms with E-state index in [1.54, 1.807) is 42.4 Å². The SMILES string of the molecule is C=C(C)C(=O)NCCSSCCNC(=O)C(C)(CC)CC(C)(CC(C)C(=O)NC(C)C)C(=O)NCCCC(=O)O. The van der Waals surface area contributed by atoms with Gasteiger partial charge in [-0.25, -0.2) is 0 Å². The number of aliphatic carboxylic acids is 1. The summed E-state index contributed by atoms with van der Waals surface area (Å²) in [5.74, 6) is -0.750. The fourth-order valence-electron chi connectivity index (χ4n) is 4.22. The number of carboxylic acid groups (broad SMARTS) is 1. The summed E-state index contributed by atoms with van der Waals surface area (Å²) in [5.41, 5.74) is -1.41. The number of nitrogens with one attached hydrogen (secondary N) is 4. The largest absolute Gasteiger partial charge is 0.481 e. The van der Waals surface area contributed by atoms with Crippen molar-refractivity contribution >= 4 is 51.2 Å². The molecule has 10 nitrogen and oxygen atoms in total. The average molecular weight is 603 g/mol. The normalized spacial score (nSPS) is 14.8. The van der Waals surface area contributed by atoms with Crippen LogP contribution in [0.1, 0.15) is 80.6 Å². The summed E-state index contributed by atoms with van der Waals surface area (Å²) in [7, 11) is 3.20. The molecule has 0 rings (SSSR count). The number of carbonyl (C=O) groups excluding carboxylic acids is 4. The van der Waals surface area contributed by atoms with E-state index >= 15 is 0 Å². The Labute approximate surface area is 247 Å². The summed E-state index contributed by atoms with van der Waals surface area (Å²) in [6.45, 7) is 17.5. The van der Waals surface area contributed by atoms with Gasteiger partial charge in [0, 0.05) is 65.9 Å². The Bertz CT molecular complexity index is 885. The molecule has 0 aromatic carbocycles. The third-order valence-electron chi connectivity index (χ3n) is 6.56. The van der Waals surface area contributed by atoms with Crippen LogP contribution in [0.4, 0.5) is 0 Å². The number of rotatable bonds is 21. The first-order chi connectivity index (χ1) is 18.6. The van der Waals surface area contributed by atoms with Gasteiger partial charge in [-0.1, -0.05) is 55.9 Å². The minimum absolute atomic E-state index is 0.0381. The van der Waals surface area contributed by atoms with Crippen molar-refractivity contribution in [3.05, 3.63) is 12.2 Å². The molecular formula is C28H50N4O6S2. The molecule has 230 valence electrons. The van der Waals surface area contributed by atoms with Gasteiger partial charge in [-0.2, -0.15) is 0 Å². The lowest BCUT2D eigenvalue weighted by Crippen LogP contribution is -2.49. The van der Waals surface area contributed by atoms with E-state index in [4.69, 9.17) is 5.11 Å². The van der Waals surface area contributed by atoms with Crippen LogP contribution in [0.25, 0.3) is 0 Å². The highest BCUT2D eigenvalue weighted by molar-refractivity contribution is 8.76. The molecule has 0 aliphatic carbocycles. The van der Waals surface area contributed by atoms with Crippen LogP contribution in [0, 0.1) is 16.7 Å². The van der Waals surface area contributed by atoms with Crippen molar-refractivity contribution in [2.75, 3.05) is 31.1 Å². The zero-order chi connectivity index (χ0) is 30.9. The van der Waals surface area contributed by atoms with Crippen LogP contribution >= 0.6 is 21.6 Å². The zero-order valence-electron chi connectivity index (χ0n) is 25.2. The first kappa shape index (κ1) is 37.8. The average Bonchev–Trinajstić information content (AvgIpc) is 2.86. The Balaban J connectivity index is 5.22. The molecule has 0 heterocycles. The van der Waals surface area contributed by atoms with E-state index in [9.17, 15) is 24.0 Å². The fraction of sp³-hybridized carbons (Fsp3) is 0.750. The highest BCUT2D eigenvalue weighted by Gasteiger charge is 2.45. The number of carbonyl (C=O) groups is 5. The number of hydrogen-bond donors (Lipinski definition) is 5. The standard InChI is InChI=1S/C28H50N4O6S2/c1-9-27(7,25(37)31-14-16-40-39-15-13-29-23(35)19(2)3)18-28(8,17-21(6)24(36)32-20(4)5)26(38)30-12-10-11-22(33)34/h20-21H,2,9-18H2,1,3-8H3,(H,29,35)(H,30,38)(H,31,37)(H,32,36)(H,33,34). The first-order valence-corrected chi connectivity index (χ1v) is 16.3. The highest BCUT2D eigenvalue weighted by atomic mass is 33.1. The smallest absolute Gasteiger partial charge is 0.303 e. The molecule has 5 N–H and O–H groups in total. The molecule has 0 aromatic heterocycles. The molecule has 0 spiro atoms. The van der Waals surface area contributed by atoms with Crippen molar-refractivity contribution < 1.29 is 29.1 Å². The van der Waals surface area contributed by atoms with Crippen LogP contribution in [0.15, 0.2) is 12.2 Å². The second-order valence-electron chi connectivity index (χ2n) is 11.1. The van der Waals surface area contributed by atoms with Gasteiger partial charge in [-0.05, 0) is 46.5 Å². The predicted molar refractivity (Wildman–Crippen MR) is 164 cm³/mol. The third kappa shape index (κ3) is 15.0. The maximum Gasteiger partial charge on any atom is 0.303 e. The molecule has 12 heteroatoms. The lowest BCUT2D eigenvalue weighted by atomic mass is 9.67. The van der Waals surface area contributed by atoms with Crippen LogP contribution in [0.3, 0.4) is 0 Å². The van der Waals surface area contributed by atoms with Crippen LogP contribution in [-0.2, 0) is 24.0 Å². The van der Waals surface area contributed by atoms with Crippen LogP contribution in [0.5, 0.6) is 0 Å². The van der Waals surface area contributed by atoms with Gasteiger partial charge in [0.05, 0.1) is 0 Å². The molecular weight excluding hydrogens is 552 g/mol. The van der Waals surface area contributed by atoms with E-state index in [1.807, 2.05) is 27.7 Å². The van der Waals surface area contributed by atoms with Crippen molar-refractivity contribution in [3.63, 3.8) is 0 Å². The molecule has 40 heavy (non-hydrogen) atoms. The number of hydrogen-bond acceptors (Lipinski definition) is 7. The molecule has 0 saturated heterocycles. The van der Waals surface area contributed by atoms with Gasteiger partial charge in [0.1, 0.15) is 0 Å². The summed E-state index contributed by atoms with van der Waals surface area (Å²) < 4.78 is 0. The summed E-state index contributed by atoms with van der Waals surface area (Å²) in [4.78, 5) is 61.7. The van der Waals surface area contributed by atoms with Gasteiger partial charge in [0.15, 0.2) is 0 Å². The van der Waals surface area contributed by atoms with Crippen LogP contribution < -0.4 is 21.3 Å². The fourth-order valence-corrected chi connectivity index (χ4v) is 6.03. The molecule has 0 bridgehead atoms. The maximum absolute atomic E-state index is 13.4. The maximum atomic E-state index is 13.4. The Kier molecular flexibility index (Phi) is 18.0. The van der Waals surface area contributed by atoms with Gasteiger partial charge in [-0.3, -0.25) is 24.0 Å². The van der Waals surface area contributed by atoms with E-state index in [2.05, 4.69) is 27.8 Å². The molecule has 0 saturated carbocycles. The molecule has 3 unspecified atom stereocenters. The molecule has 3 atom stereocenters. The monoisotopic (exact) mass is 602 g/mol. The van der Waals surface area contributed by atoms with Gasteiger partial charge < -0.3 is 26.4 Å². The Hall–Kier alpha value is -2.21. The molecule has 0 aliphatic rings. The lowest BCUT2D eigenvalue weighted by molar-refractivity contribution is -0.140. The van der Waals surface area contributed by atoms with E-state index in [1.165, 1.54) is 0 Å². The van der Waals surface area contributed by atoms with E-state index in [0.717, 1.165) is 5.75 Å². The number of carboxylic acids is 1. The third-order valence-corrected chi connectivity index (χ3v) is 8.97. The van der Waals surface area contributed by atoms with Crippen molar-refractivity contribution in [1.82, 2.24) is 21.3 Å². The molecule has 0 aromatic rings. The van der Waals surface area contributed by atoms with E-state index in [-0.39, 0.29) is 55.5 Å². The molecule has 0 radical (unpaired) electrons. The van der Waals surface area contributed by atoms with Crippen LogP contribution in [0.2, 0.25) is 0 Å². The van der Waals surface area contributed by atoms with E-state index in [0.29, 0.717) is 37.3 Å². The Morgan fingerprint density at radius 3 is 1.90 bits per heavy atom. The number of amides is 4. The van der Waals surface area contributed by atoms with Crippen molar-refractivity contribution in [1.29, 1.82) is 0 Å². The lowest BCUT2D eigenvalue weighted by Gasteiger charge is -2.38. The summed E-state index contributed by atoms with van der Waals surface area (Å²) in [6, 6.07) is -0.0381. The van der Waals surface area contributed by atoms with Crippen LogP contribution in [-0.4, -0.2) is 71.9 Å². The summed E-state index contributed by atoms with van der Waals surface area (Å²) >= 11 is 0. The van der Waals surface area contributed by atoms with Gasteiger partial charge in [0.2, 0.25) is 23.6 Å². The van der Waals surface area contributed by atoms with Gasteiger partial charge in [0.25, 0.3) is 0 Å². The Morgan fingerprint density at radius 2 is 1.40 bits per heavy atom. The van der Waals surface area contributed by atoms with Gasteiger partial charge >= 0.3 is 5.97 Å². The first-order valence-electron chi connectivity index (χ1n) is 13.8. The van der Waals surface area contributed by atoms with E-state index < -0.39 is 22.7 Å². The second-order valence-corrected chi connectivity index (χ2v) is 13.8. The van der Waals surface area contributed by atoms with Crippen molar-refractivity contribution in [2.45, 2.75) is 86.6 Å². The minimum atomic E-state index is -1.03. The highest BCUT2D eigenvalue weighted by Crippen LogP contribution is 2.41. The van der Waals surface area contributed by atoms with Crippen molar-refractivity contribution in [3.8, 4) is 0 Å².